The monoisotopic (exact) mass is 344 g/mol. The molecule has 2 saturated heterocycles. The van der Waals surface area contributed by atoms with Gasteiger partial charge in [0.2, 0.25) is 11.8 Å². The van der Waals surface area contributed by atoms with Crippen LogP contribution in [0, 0.1) is 5.41 Å². The van der Waals surface area contributed by atoms with E-state index in [2.05, 4.69) is 9.88 Å². The van der Waals surface area contributed by atoms with E-state index in [0.717, 1.165) is 44.6 Å². The predicted molar refractivity (Wildman–Crippen MR) is 95.7 cm³/mol. The summed E-state index contributed by atoms with van der Waals surface area (Å²) in [4.78, 5) is 34.7. The van der Waals surface area contributed by atoms with E-state index in [9.17, 15) is 9.59 Å². The molecule has 1 aromatic rings. The standard InChI is InChI=1S/C19H28N4O2/c1-21(2)18(25)13-22-11-5-8-19(14-22)9-7-17(24)23(15-19)12-16-6-3-4-10-20-16/h3-4,6,10H,5,7-9,11-15H2,1-2H3. The van der Waals surface area contributed by atoms with Gasteiger partial charge in [-0.05, 0) is 37.9 Å². The van der Waals surface area contributed by atoms with Gasteiger partial charge in [0.15, 0.2) is 0 Å². The number of hydrogen-bond acceptors (Lipinski definition) is 4. The molecule has 0 aliphatic carbocycles. The lowest BCUT2D eigenvalue weighted by molar-refractivity contribution is -0.141. The summed E-state index contributed by atoms with van der Waals surface area (Å²) in [7, 11) is 3.60. The predicted octanol–water partition coefficient (Wildman–Crippen LogP) is 1.37. The first-order valence-electron chi connectivity index (χ1n) is 9.08. The van der Waals surface area contributed by atoms with Crippen molar-refractivity contribution in [3.8, 4) is 0 Å². The van der Waals surface area contributed by atoms with Crippen molar-refractivity contribution in [2.75, 3.05) is 40.3 Å². The fourth-order valence-corrected chi connectivity index (χ4v) is 4.04. The molecule has 2 aliphatic rings. The number of likely N-dealkylation sites (N-methyl/N-ethyl adjacent to an activating group) is 1. The SMILES string of the molecule is CN(C)C(=O)CN1CCCC2(CCC(=O)N(Cc3ccccn3)C2)C1. The third-order valence-electron chi connectivity index (χ3n) is 5.43. The van der Waals surface area contributed by atoms with Crippen molar-refractivity contribution in [3.63, 3.8) is 0 Å². The lowest BCUT2D eigenvalue weighted by atomic mass is 9.73. The van der Waals surface area contributed by atoms with Crippen LogP contribution < -0.4 is 0 Å². The normalized spacial score (nSPS) is 24.6. The minimum absolute atomic E-state index is 0.119. The van der Waals surface area contributed by atoms with Crippen LogP contribution in [0.25, 0.3) is 0 Å². The quantitative estimate of drug-likeness (QED) is 0.828. The molecule has 2 fully saturated rings. The Morgan fingerprint density at radius 2 is 2.12 bits per heavy atom. The number of hydrogen-bond donors (Lipinski definition) is 0. The van der Waals surface area contributed by atoms with E-state index in [1.807, 2.05) is 23.1 Å². The van der Waals surface area contributed by atoms with E-state index >= 15 is 0 Å². The number of pyridine rings is 1. The fraction of sp³-hybridized carbons (Fsp3) is 0.632. The van der Waals surface area contributed by atoms with E-state index in [1.165, 1.54) is 0 Å². The summed E-state index contributed by atoms with van der Waals surface area (Å²) in [6.45, 7) is 3.70. The maximum absolute atomic E-state index is 12.4. The van der Waals surface area contributed by atoms with Crippen molar-refractivity contribution >= 4 is 11.8 Å². The molecular formula is C19H28N4O2. The molecule has 1 unspecified atom stereocenters. The highest BCUT2D eigenvalue weighted by Gasteiger charge is 2.42. The Balaban J connectivity index is 1.66. The molecular weight excluding hydrogens is 316 g/mol. The first-order valence-corrected chi connectivity index (χ1v) is 9.08. The molecule has 1 atom stereocenters. The van der Waals surface area contributed by atoms with Gasteiger partial charge in [-0.15, -0.1) is 0 Å². The van der Waals surface area contributed by atoms with Gasteiger partial charge in [0.1, 0.15) is 0 Å². The Bertz CT molecular complexity index is 619. The summed E-state index contributed by atoms with van der Waals surface area (Å²) in [6, 6.07) is 5.82. The Labute approximate surface area is 149 Å². The minimum atomic E-state index is 0.119. The van der Waals surface area contributed by atoms with Crippen LogP contribution in [-0.2, 0) is 16.1 Å². The number of aromatic nitrogens is 1. The zero-order chi connectivity index (χ0) is 17.9. The summed E-state index contributed by atoms with van der Waals surface area (Å²) in [5, 5.41) is 0. The lowest BCUT2D eigenvalue weighted by Crippen LogP contribution is -2.55. The smallest absolute Gasteiger partial charge is 0.236 e. The van der Waals surface area contributed by atoms with Crippen LogP contribution in [-0.4, -0.2) is 71.8 Å². The summed E-state index contributed by atoms with van der Waals surface area (Å²) in [5.74, 6) is 0.368. The van der Waals surface area contributed by atoms with Gasteiger partial charge < -0.3 is 9.80 Å². The van der Waals surface area contributed by atoms with E-state index < -0.39 is 0 Å². The van der Waals surface area contributed by atoms with Crippen LogP contribution in [0.15, 0.2) is 24.4 Å². The van der Waals surface area contributed by atoms with Crippen molar-refractivity contribution < 1.29 is 9.59 Å². The number of piperidine rings is 2. The Morgan fingerprint density at radius 1 is 1.28 bits per heavy atom. The third kappa shape index (κ3) is 4.37. The molecule has 0 bridgehead atoms. The van der Waals surface area contributed by atoms with E-state index in [1.54, 1.807) is 25.2 Å². The lowest BCUT2D eigenvalue weighted by Gasteiger charge is -2.48. The number of rotatable bonds is 4. The first-order chi connectivity index (χ1) is 12.0. The minimum Gasteiger partial charge on any atom is -0.348 e. The van der Waals surface area contributed by atoms with Gasteiger partial charge in [0.05, 0.1) is 18.8 Å². The molecule has 2 aliphatic heterocycles. The molecule has 3 heterocycles. The molecule has 6 heteroatoms. The molecule has 1 spiro atoms. The van der Waals surface area contributed by atoms with Gasteiger partial charge >= 0.3 is 0 Å². The molecule has 0 aromatic carbocycles. The van der Waals surface area contributed by atoms with E-state index in [4.69, 9.17) is 0 Å². The highest BCUT2D eigenvalue weighted by atomic mass is 16.2. The second-order valence-corrected chi connectivity index (χ2v) is 7.67. The van der Waals surface area contributed by atoms with Crippen LogP contribution in [0.4, 0.5) is 0 Å². The van der Waals surface area contributed by atoms with Crippen LogP contribution in [0.3, 0.4) is 0 Å². The molecule has 2 amide bonds. The van der Waals surface area contributed by atoms with Gasteiger partial charge in [0, 0.05) is 45.2 Å². The third-order valence-corrected chi connectivity index (χ3v) is 5.43. The summed E-state index contributed by atoms with van der Waals surface area (Å²) >= 11 is 0. The zero-order valence-electron chi connectivity index (χ0n) is 15.3. The second-order valence-electron chi connectivity index (χ2n) is 7.67. The van der Waals surface area contributed by atoms with E-state index in [-0.39, 0.29) is 17.2 Å². The van der Waals surface area contributed by atoms with E-state index in [0.29, 0.717) is 19.5 Å². The maximum Gasteiger partial charge on any atom is 0.236 e. The van der Waals surface area contributed by atoms with Gasteiger partial charge in [-0.25, -0.2) is 0 Å². The number of likely N-dealkylation sites (tertiary alicyclic amines) is 2. The van der Waals surface area contributed by atoms with Gasteiger partial charge in [-0.2, -0.15) is 0 Å². The van der Waals surface area contributed by atoms with Crippen molar-refractivity contribution in [2.45, 2.75) is 32.2 Å². The Hall–Kier alpha value is -1.95. The average Bonchev–Trinajstić information content (AvgIpc) is 2.59. The number of carbonyl (C=O) groups is 2. The highest BCUT2D eigenvalue weighted by Crippen LogP contribution is 2.39. The highest BCUT2D eigenvalue weighted by molar-refractivity contribution is 5.78. The Morgan fingerprint density at radius 3 is 2.84 bits per heavy atom. The summed E-state index contributed by atoms with van der Waals surface area (Å²) in [5.41, 5.74) is 1.05. The molecule has 0 saturated carbocycles. The van der Waals surface area contributed by atoms with Crippen molar-refractivity contribution in [3.05, 3.63) is 30.1 Å². The van der Waals surface area contributed by atoms with Gasteiger partial charge in [-0.1, -0.05) is 6.07 Å². The molecule has 136 valence electrons. The molecule has 6 nitrogen and oxygen atoms in total. The Kier molecular flexibility index (Phi) is 5.37. The van der Waals surface area contributed by atoms with Crippen LogP contribution in [0.2, 0.25) is 0 Å². The number of amides is 2. The van der Waals surface area contributed by atoms with Gasteiger partial charge in [-0.3, -0.25) is 19.5 Å². The first kappa shape index (κ1) is 17.9. The maximum atomic E-state index is 12.4. The van der Waals surface area contributed by atoms with Crippen molar-refractivity contribution in [1.29, 1.82) is 0 Å². The molecule has 3 rings (SSSR count). The largest absolute Gasteiger partial charge is 0.348 e. The summed E-state index contributed by atoms with van der Waals surface area (Å²) < 4.78 is 0. The van der Waals surface area contributed by atoms with Crippen LogP contribution in [0.1, 0.15) is 31.4 Å². The number of carbonyl (C=O) groups excluding carboxylic acids is 2. The number of nitrogens with zero attached hydrogens (tertiary/aromatic N) is 4. The van der Waals surface area contributed by atoms with Crippen LogP contribution in [0.5, 0.6) is 0 Å². The topological polar surface area (TPSA) is 56.8 Å². The summed E-state index contributed by atoms with van der Waals surface area (Å²) in [6.07, 6.45) is 5.52. The zero-order valence-corrected chi connectivity index (χ0v) is 15.3. The average molecular weight is 344 g/mol. The van der Waals surface area contributed by atoms with Crippen molar-refractivity contribution in [1.82, 2.24) is 19.7 Å². The van der Waals surface area contributed by atoms with Crippen LogP contribution >= 0.6 is 0 Å². The molecule has 0 N–H and O–H groups in total. The molecule has 0 radical (unpaired) electrons. The van der Waals surface area contributed by atoms with Crippen molar-refractivity contribution in [2.24, 2.45) is 5.41 Å². The van der Waals surface area contributed by atoms with Gasteiger partial charge in [0.25, 0.3) is 0 Å². The second kappa shape index (κ2) is 7.52. The molecule has 1 aromatic heterocycles. The fourth-order valence-electron chi connectivity index (χ4n) is 4.04. The molecule has 25 heavy (non-hydrogen) atoms.